The molecule has 0 N–H and O–H groups in total. The highest BCUT2D eigenvalue weighted by atomic mass is 35.5. The molecular formula is C23H16ClN3. The van der Waals surface area contributed by atoms with Gasteiger partial charge in [-0.1, -0.05) is 72.3 Å². The van der Waals surface area contributed by atoms with Gasteiger partial charge in [-0.2, -0.15) is 5.10 Å². The second-order valence-electron chi connectivity index (χ2n) is 6.54. The molecule has 0 aliphatic heterocycles. The third-order valence-electron chi connectivity index (χ3n) is 4.75. The quantitative estimate of drug-likeness (QED) is 0.393. The molecule has 0 bridgehead atoms. The molecule has 2 aromatic heterocycles. The zero-order valence-electron chi connectivity index (χ0n) is 14.5. The molecule has 0 saturated heterocycles. The van der Waals surface area contributed by atoms with E-state index in [1.54, 1.807) is 0 Å². The number of pyridine rings is 1. The Hall–Kier alpha value is -3.17. The Morgan fingerprint density at radius 2 is 1.63 bits per heavy atom. The summed E-state index contributed by atoms with van der Waals surface area (Å²) in [6, 6.07) is 26.4. The van der Waals surface area contributed by atoms with Crippen LogP contribution in [-0.4, -0.2) is 14.8 Å². The van der Waals surface area contributed by atoms with Crippen LogP contribution in [-0.2, 0) is 6.54 Å². The van der Waals surface area contributed by atoms with Crippen molar-refractivity contribution in [1.82, 2.24) is 14.8 Å². The summed E-state index contributed by atoms with van der Waals surface area (Å²) in [6.45, 7) is 0.651. The Bertz CT molecular complexity index is 1260. The standard InChI is InChI=1S/C23H16ClN3/c24-18-10-6-7-16(13-18)15-27-23-19-11-4-5-12-21(19)25-14-20(23)22(26-27)17-8-2-1-3-9-17/h1-14H,15H2. The molecule has 5 aromatic rings. The second kappa shape index (κ2) is 6.53. The molecule has 0 amide bonds. The van der Waals surface area contributed by atoms with Crippen LogP contribution >= 0.6 is 11.6 Å². The maximum atomic E-state index is 6.19. The Morgan fingerprint density at radius 3 is 2.48 bits per heavy atom. The van der Waals surface area contributed by atoms with Crippen molar-refractivity contribution in [2.75, 3.05) is 0 Å². The number of halogens is 1. The molecule has 0 aliphatic rings. The molecule has 3 nitrogen and oxygen atoms in total. The Balaban J connectivity index is 1.79. The van der Waals surface area contributed by atoms with Gasteiger partial charge in [0, 0.05) is 27.6 Å². The third-order valence-corrected chi connectivity index (χ3v) is 4.98. The van der Waals surface area contributed by atoms with Gasteiger partial charge in [-0.15, -0.1) is 0 Å². The van der Waals surface area contributed by atoms with Crippen LogP contribution in [0.25, 0.3) is 33.1 Å². The molecule has 0 radical (unpaired) electrons. The summed E-state index contributed by atoms with van der Waals surface area (Å²) in [5, 5.41) is 7.86. The van der Waals surface area contributed by atoms with Crippen molar-refractivity contribution in [1.29, 1.82) is 0 Å². The number of aromatic nitrogens is 3. The van der Waals surface area contributed by atoms with Crippen LogP contribution < -0.4 is 0 Å². The van der Waals surface area contributed by atoms with Gasteiger partial charge < -0.3 is 0 Å². The van der Waals surface area contributed by atoms with Gasteiger partial charge in [-0.25, -0.2) is 0 Å². The smallest absolute Gasteiger partial charge is 0.102 e. The number of rotatable bonds is 3. The van der Waals surface area contributed by atoms with Crippen molar-refractivity contribution in [3.05, 3.63) is 95.6 Å². The fourth-order valence-corrected chi connectivity index (χ4v) is 3.75. The molecule has 0 saturated carbocycles. The SMILES string of the molecule is Clc1cccc(Cn2nc(-c3ccccc3)c3cnc4ccccc4c32)c1. The number of fused-ring (bicyclic) bond motifs is 3. The average Bonchev–Trinajstić information content (AvgIpc) is 3.07. The Kier molecular flexibility index (Phi) is 3.88. The lowest BCUT2D eigenvalue weighted by molar-refractivity contribution is 0.717. The lowest BCUT2D eigenvalue weighted by atomic mass is 10.1. The number of nitrogens with zero attached hydrogens (tertiary/aromatic N) is 3. The molecule has 0 fully saturated rings. The molecule has 0 atom stereocenters. The van der Waals surface area contributed by atoms with Crippen LogP contribution in [0.4, 0.5) is 0 Å². The van der Waals surface area contributed by atoms with E-state index < -0.39 is 0 Å². The number of hydrogen-bond acceptors (Lipinski definition) is 2. The third kappa shape index (κ3) is 2.86. The monoisotopic (exact) mass is 369 g/mol. The van der Waals surface area contributed by atoms with E-state index in [2.05, 4.69) is 33.9 Å². The molecule has 3 aromatic carbocycles. The minimum Gasteiger partial charge on any atom is -0.259 e. The molecule has 4 heteroatoms. The van der Waals surface area contributed by atoms with Crippen molar-refractivity contribution in [2.45, 2.75) is 6.54 Å². The van der Waals surface area contributed by atoms with Crippen LogP contribution in [0.1, 0.15) is 5.56 Å². The van der Waals surface area contributed by atoms with Gasteiger partial charge in [0.05, 0.1) is 17.6 Å². The average molecular weight is 370 g/mol. The van der Waals surface area contributed by atoms with Crippen LogP contribution in [0.15, 0.2) is 85.1 Å². The van der Waals surface area contributed by atoms with Crippen molar-refractivity contribution in [2.24, 2.45) is 0 Å². The Morgan fingerprint density at radius 1 is 0.815 bits per heavy atom. The number of benzene rings is 3. The van der Waals surface area contributed by atoms with E-state index in [1.165, 1.54) is 0 Å². The van der Waals surface area contributed by atoms with E-state index in [4.69, 9.17) is 16.7 Å². The summed E-state index contributed by atoms with van der Waals surface area (Å²) in [4.78, 5) is 4.66. The highest BCUT2D eigenvalue weighted by Gasteiger charge is 2.16. The zero-order valence-corrected chi connectivity index (χ0v) is 15.3. The minimum atomic E-state index is 0.651. The van der Waals surface area contributed by atoms with Crippen LogP contribution in [0.3, 0.4) is 0 Å². The summed E-state index contributed by atoms with van der Waals surface area (Å²) in [6.07, 6.45) is 1.93. The van der Waals surface area contributed by atoms with Crippen LogP contribution in [0.5, 0.6) is 0 Å². The number of hydrogen-bond donors (Lipinski definition) is 0. The predicted molar refractivity (Wildman–Crippen MR) is 111 cm³/mol. The molecule has 130 valence electrons. The van der Waals surface area contributed by atoms with Gasteiger partial charge in [0.1, 0.15) is 5.69 Å². The van der Waals surface area contributed by atoms with Gasteiger partial charge in [0.2, 0.25) is 0 Å². The second-order valence-corrected chi connectivity index (χ2v) is 6.98. The summed E-state index contributed by atoms with van der Waals surface area (Å²) >= 11 is 6.19. The largest absolute Gasteiger partial charge is 0.259 e. The first-order valence-corrected chi connectivity index (χ1v) is 9.21. The van der Waals surface area contributed by atoms with Gasteiger partial charge in [0.15, 0.2) is 0 Å². The van der Waals surface area contributed by atoms with Gasteiger partial charge in [-0.05, 0) is 23.8 Å². The van der Waals surface area contributed by atoms with E-state index in [9.17, 15) is 0 Å². The fourth-order valence-electron chi connectivity index (χ4n) is 3.53. The van der Waals surface area contributed by atoms with Crippen LogP contribution in [0.2, 0.25) is 5.02 Å². The molecule has 0 spiro atoms. The Labute approximate surface area is 161 Å². The van der Waals surface area contributed by atoms with E-state index in [1.807, 2.05) is 60.8 Å². The summed E-state index contributed by atoms with van der Waals surface area (Å²) < 4.78 is 2.06. The molecule has 27 heavy (non-hydrogen) atoms. The van der Waals surface area contributed by atoms with E-state index >= 15 is 0 Å². The van der Waals surface area contributed by atoms with Crippen LogP contribution in [0, 0.1) is 0 Å². The zero-order chi connectivity index (χ0) is 18.2. The first-order valence-electron chi connectivity index (χ1n) is 8.84. The highest BCUT2D eigenvalue weighted by molar-refractivity contribution is 6.30. The molecule has 0 aliphatic carbocycles. The normalized spacial score (nSPS) is 11.3. The maximum Gasteiger partial charge on any atom is 0.102 e. The summed E-state index contributed by atoms with van der Waals surface area (Å²) in [7, 11) is 0. The van der Waals surface area contributed by atoms with E-state index in [-0.39, 0.29) is 0 Å². The molecular weight excluding hydrogens is 354 g/mol. The minimum absolute atomic E-state index is 0.651. The lowest BCUT2D eigenvalue weighted by Crippen LogP contribution is -2.02. The first-order chi connectivity index (χ1) is 13.3. The highest BCUT2D eigenvalue weighted by Crippen LogP contribution is 2.32. The first kappa shape index (κ1) is 16.0. The van der Waals surface area contributed by atoms with Crippen molar-refractivity contribution >= 4 is 33.4 Å². The van der Waals surface area contributed by atoms with Crippen molar-refractivity contribution in [3.8, 4) is 11.3 Å². The van der Waals surface area contributed by atoms with Gasteiger partial charge in [0.25, 0.3) is 0 Å². The molecule has 0 unspecified atom stereocenters. The molecule has 2 heterocycles. The fraction of sp³-hybridized carbons (Fsp3) is 0.0435. The maximum absolute atomic E-state index is 6.19. The van der Waals surface area contributed by atoms with Crippen molar-refractivity contribution in [3.63, 3.8) is 0 Å². The van der Waals surface area contributed by atoms with Gasteiger partial charge in [-0.3, -0.25) is 9.67 Å². The summed E-state index contributed by atoms with van der Waals surface area (Å²) in [5.74, 6) is 0. The summed E-state index contributed by atoms with van der Waals surface area (Å²) in [5.41, 5.74) is 5.22. The lowest BCUT2D eigenvalue weighted by Gasteiger charge is -2.06. The predicted octanol–water partition coefficient (Wildman–Crippen LogP) is 5.95. The van der Waals surface area contributed by atoms with Gasteiger partial charge >= 0.3 is 0 Å². The van der Waals surface area contributed by atoms with E-state index in [0.717, 1.165) is 43.6 Å². The molecule has 5 rings (SSSR count). The topological polar surface area (TPSA) is 30.7 Å². The number of para-hydroxylation sites is 1. The van der Waals surface area contributed by atoms with Crippen molar-refractivity contribution < 1.29 is 0 Å². The van der Waals surface area contributed by atoms with E-state index in [0.29, 0.717) is 6.54 Å².